The molecule has 0 radical (unpaired) electrons. The van der Waals surface area contributed by atoms with Gasteiger partial charge in [0.1, 0.15) is 0 Å². The van der Waals surface area contributed by atoms with Crippen molar-refractivity contribution in [3.8, 4) is 0 Å². The molecular weight excluding hydrogens is 406 g/mol. The number of piperidine rings is 1. The molecule has 0 atom stereocenters. The van der Waals surface area contributed by atoms with Crippen LogP contribution in [0.25, 0.3) is 0 Å². The number of hydrogen-bond donors (Lipinski definition) is 1. The molecule has 0 unspecified atom stereocenters. The minimum atomic E-state index is -3.56. The fourth-order valence-electron chi connectivity index (χ4n) is 3.39. The number of anilines is 1. The Morgan fingerprint density at radius 1 is 1.17 bits per heavy atom. The van der Waals surface area contributed by atoms with E-state index in [0.29, 0.717) is 35.8 Å². The number of nitro groups is 1. The van der Waals surface area contributed by atoms with Gasteiger partial charge in [0.05, 0.1) is 16.4 Å². The summed E-state index contributed by atoms with van der Waals surface area (Å²) in [6.45, 7) is 4.73. The Balaban J connectivity index is 1.65. The standard InChI is InChI=1S/C21H25N3O5S/c1-15-9-11-23(12-10-15)30(28,29)19-7-4-17(5-8-19)21(25)14-22-18-6-3-16(2)20(13-18)24(26)27/h3-8,13,15,22H,9-12,14H2,1-2H3. The highest BCUT2D eigenvalue weighted by atomic mass is 32.2. The van der Waals surface area contributed by atoms with Gasteiger partial charge in [0, 0.05) is 36.0 Å². The Kier molecular flexibility index (Phi) is 6.52. The summed E-state index contributed by atoms with van der Waals surface area (Å²) in [6, 6.07) is 10.6. The molecule has 8 nitrogen and oxygen atoms in total. The minimum absolute atomic E-state index is 0.0193. The number of carbonyl (C=O) groups is 1. The zero-order chi connectivity index (χ0) is 21.9. The maximum atomic E-state index is 12.8. The van der Waals surface area contributed by atoms with Crippen LogP contribution in [-0.4, -0.2) is 43.1 Å². The van der Waals surface area contributed by atoms with E-state index < -0.39 is 14.9 Å². The lowest BCUT2D eigenvalue weighted by molar-refractivity contribution is -0.385. The average Bonchev–Trinajstić information content (AvgIpc) is 2.73. The van der Waals surface area contributed by atoms with Crippen LogP contribution in [-0.2, 0) is 10.0 Å². The van der Waals surface area contributed by atoms with E-state index in [1.165, 1.54) is 34.6 Å². The normalized spacial score (nSPS) is 15.7. The summed E-state index contributed by atoms with van der Waals surface area (Å²) in [6.07, 6.45) is 1.69. The Morgan fingerprint density at radius 3 is 2.40 bits per heavy atom. The summed E-state index contributed by atoms with van der Waals surface area (Å²) in [5.74, 6) is 0.285. The smallest absolute Gasteiger partial charge is 0.274 e. The molecular formula is C21H25N3O5S. The predicted molar refractivity (Wildman–Crippen MR) is 114 cm³/mol. The number of ketones is 1. The topological polar surface area (TPSA) is 110 Å². The summed E-state index contributed by atoms with van der Waals surface area (Å²) in [5.41, 5.74) is 1.36. The van der Waals surface area contributed by atoms with Crippen molar-refractivity contribution in [2.24, 2.45) is 5.92 Å². The van der Waals surface area contributed by atoms with Crippen LogP contribution >= 0.6 is 0 Å². The summed E-state index contributed by atoms with van der Waals surface area (Å²) in [4.78, 5) is 23.2. The molecule has 1 aliphatic heterocycles. The van der Waals surface area contributed by atoms with E-state index in [0.717, 1.165) is 12.8 Å². The molecule has 0 amide bonds. The van der Waals surface area contributed by atoms with Gasteiger partial charge in [-0.1, -0.05) is 13.0 Å². The van der Waals surface area contributed by atoms with Crippen molar-refractivity contribution >= 4 is 27.2 Å². The van der Waals surface area contributed by atoms with Crippen LogP contribution in [0.2, 0.25) is 0 Å². The number of nitro benzene ring substituents is 1. The zero-order valence-corrected chi connectivity index (χ0v) is 17.8. The second-order valence-electron chi connectivity index (χ2n) is 7.65. The Hall–Kier alpha value is -2.78. The number of aryl methyl sites for hydroxylation is 1. The van der Waals surface area contributed by atoms with Gasteiger partial charge < -0.3 is 5.32 Å². The van der Waals surface area contributed by atoms with Crippen LogP contribution in [0.15, 0.2) is 47.4 Å². The first-order valence-corrected chi connectivity index (χ1v) is 11.2. The molecule has 30 heavy (non-hydrogen) atoms. The number of nitrogens with one attached hydrogen (secondary N) is 1. The third-order valence-electron chi connectivity index (χ3n) is 5.42. The quantitative estimate of drug-likeness (QED) is 0.407. The lowest BCUT2D eigenvalue weighted by atomic mass is 10.0. The lowest BCUT2D eigenvalue weighted by Gasteiger charge is -2.29. The predicted octanol–water partition coefficient (Wildman–Crippen LogP) is 3.62. The highest BCUT2D eigenvalue weighted by molar-refractivity contribution is 7.89. The van der Waals surface area contributed by atoms with E-state index >= 15 is 0 Å². The molecule has 1 fully saturated rings. The molecule has 1 saturated heterocycles. The van der Waals surface area contributed by atoms with Gasteiger partial charge in [-0.15, -0.1) is 0 Å². The van der Waals surface area contributed by atoms with E-state index in [2.05, 4.69) is 12.2 Å². The lowest BCUT2D eigenvalue weighted by Crippen LogP contribution is -2.37. The van der Waals surface area contributed by atoms with Crippen LogP contribution in [0.5, 0.6) is 0 Å². The number of Topliss-reactive ketones (excluding diaryl/α,β-unsaturated/α-hetero) is 1. The number of benzene rings is 2. The maximum Gasteiger partial charge on any atom is 0.274 e. The van der Waals surface area contributed by atoms with E-state index in [-0.39, 0.29) is 22.9 Å². The van der Waals surface area contributed by atoms with Crippen molar-refractivity contribution in [2.75, 3.05) is 25.0 Å². The van der Waals surface area contributed by atoms with Gasteiger partial charge in [0.15, 0.2) is 5.78 Å². The van der Waals surface area contributed by atoms with Crippen molar-refractivity contribution in [1.29, 1.82) is 0 Å². The van der Waals surface area contributed by atoms with Gasteiger partial charge in [-0.25, -0.2) is 8.42 Å². The Bertz CT molecular complexity index is 1040. The first-order chi connectivity index (χ1) is 14.2. The van der Waals surface area contributed by atoms with Crippen molar-refractivity contribution in [2.45, 2.75) is 31.6 Å². The second kappa shape index (κ2) is 8.93. The molecule has 0 spiro atoms. The summed E-state index contributed by atoms with van der Waals surface area (Å²) < 4.78 is 27.0. The Labute approximate surface area is 176 Å². The number of nitrogens with zero attached hydrogens (tertiary/aromatic N) is 2. The van der Waals surface area contributed by atoms with Crippen molar-refractivity contribution < 1.29 is 18.1 Å². The van der Waals surface area contributed by atoms with Crippen LogP contribution in [0.3, 0.4) is 0 Å². The molecule has 160 valence electrons. The highest BCUT2D eigenvalue weighted by Crippen LogP contribution is 2.24. The first kappa shape index (κ1) is 21.9. The second-order valence-corrected chi connectivity index (χ2v) is 9.58. The largest absolute Gasteiger partial charge is 0.377 e. The SMILES string of the molecule is Cc1ccc(NCC(=O)c2ccc(S(=O)(=O)N3CCC(C)CC3)cc2)cc1[N+](=O)[O-]. The summed E-state index contributed by atoms with van der Waals surface area (Å²) in [7, 11) is -3.56. The van der Waals surface area contributed by atoms with Gasteiger partial charge in [0.2, 0.25) is 10.0 Å². The number of sulfonamides is 1. The zero-order valence-electron chi connectivity index (χ0n) is 17.0. The monoisotopic (exact) mass is 431 g/mol. The van der Waals surface area contributed by atoms with Crippen LogP contribution in [0.1, 0.15) is 35.7 Å². The van der Waals surface area contributed by atoms with Gasteiger partial charge in [-0.2, -0.15) is 4.31 Å². The van der Waals surface area contributed by atoms with E-state index in [9.17, 15) is 23.3 Å². The third-order valence-corrected chi connectivity index (χ3v) is 7.33. The molecule has 1 heterocycles. The molecule has 0 aromatic heterocycles. The van der Waals surface area contributed by atoms with Gasteiger partial charge >= 0.3 is 0 Å². The third kappa shape index (κ3) is 4.85. The van der Waals surface area contributed by atoms with Gasteiger partial charge in [-0.3, -0.25) is 14.9 Å². The van der Waals surface area contributed by atoms with E-state index in [4.69, 9.17) is 0 Å². The molecule has 0 saturated carbocycles. The number of rotatable bonds is 7. The van der Waals surface area contributed by atoms with Crippen molar-refractivity contribution in [1.82, 2.24) is 4.31 Å². The molecule has 1 aliphatic rings. The fourth-order valence-corrected chi connectivity index (χ4v) is 4.86. The molecule has 1 N–H and O–H groups in total. The number of carbonyl (C=O) groups excluding carboxylic acids is 1. The summed E-state index contributed by atoms with van der Waals surface area (Å²) in [5, 5.41) is 13.9. The van der Waals surface area contributed by atoms with Crippen LogP contribution in [0.4, 0.5) is 11.4 Å². The number of hydrogen-bond acceptors (Lipinski definition) is 6. The van der Waals surface area contributed by atoms with Crippen LogP contribution in [0, 0.1) is 23.0 Å². The van der Waals surface area contributed by atoms with Gasteiger partial charge in [-0.05, 0) is 56.0 Å². The van der Waals surface area contributed by atoms with Crippen LogP contribution < -0.4 is 5.32 Å². The van der Waals surface area contributed by atoms with Crippen molar-refractivity contribution in [3.05, 3.63) is 63.7 Å². The fraction of sp³-hybridized carbons (Fsp3) is 0.381. The van der Waals surface area contributed by atoms with E-state index in [1.54, 1.807) is 19.1 Å². The molecule has 2 aromatic rings. The minimum Gasteiger partial charge on any atom is -0.377 e. The average molecular weight is 432 g/mol. The molecule has 0 aliphatic carbocycles. The first-order valence-electron chi connectivity index (χ1n) is 9.81. The molecule has 0 bridgehead atoms. The highest BCUT2D eigenvalue weighted by Gasteiger charge is 2.28. The van der Waals surface area contributed by atoms with Crippen molar-refractivity contribution in [3.63, 3.8) is 0 Å². The Morgan fingerprint density at radius 2 is 1.80 bits per heavy atom. The summed E-state index contributed by atoms with van der Waals surface area (Å²) >= 11 is 0. The van der Waals surface area contributed by atoms with Gasteiger partial charge in [0.25, 0.3) is 5.69 Å². The van der Waals surface area contributed by atoms with E-state index in [1.807, 2.05) is 0 Å². The molecule has 2 aromatic carbocycles. The maximum absolute atomic E-state index is 12.8. The molecule has 9 heteroatoms. The molecule has 3 rings (SSSR count).